The van der Waals surface area contributed by atoms with Crippen LogP contribution in [0.25, 0.3) is 0 Å². The number of hydrogen-bond acceptors (Lipinski definition) is 4. The molecule has 0 aromatic heterocycles. The molecule has 1 aromatic rings. The largest absolute Gasteiger partial charge is 0.497 e. The monoisotopic (exact) mass is 249 g/mol. The molecule has 5 heteroatoms. The number of rotatable bonds is 3. The summed E-state index contributed by atoms with van der Waals surface area (Å²) in [5.74, 6) is 0.437. The Bertz CT molecular complexity index is 476. The number of likely N-dealkylation sites (N-methyl/N-ethyl adjacent to an activating group) is 1. The van der Waals surface area contributed by atoms with Crippen LogP contribution in [-0.4, -0.2) is 38.0 Å². The second-order valence-corrected chi connectivity index (χ2v) is 4.19. The van der Waals surface area contributed by atoms with E-state index in [1.165, 1.54) is 7.05 Å². The summed E-state index contributed by atoms with van der Waals surface area (Å²) in [4.78, 5) is 24.6. The lowest BCUT2D eigenvalue weighted by Gasteiger charge is -2.12. The molecule has 0 saturated carbocycles. The van der Waals surface area contributed by atoms with Crippen molar-refractivity contribution in [2.24, 2.45) is 0 Å². The van der Waals surface area contributed by atoms with Crippen molar-refractivity contribution in [3.8, 4) is 11.5 Å². The molecular weight excluding hydrogens is 234 g/mol. The number of ether oxygens (including phenoxy) is 2. The number of imide groups is 1. The predicted octanol–water partition coefficient (Wildman–Crippen LogP) is 1.18. The van der Waals surface area contributed by atoms with Gasteiger partial charge in [-0.2, -0.15) is 0 Å². The first kappa shape index (κ1) is 12.4. The van der Waals surface area contributed by atoms with E-state index in [0.29, 0.717) is 11.5 Å². The van der Waals surface area contributed by atoms with Gasteiger partial charge in [0, 0.05) is 19.5 Å². The minimum absolute atomic E-state index is 0.160. The summed E-state index contributed by atoms with van der Waals surface area (Å²) in [6.07, 6.45) is 0.200. The fraction of sp³-hybridized carbons (Fsp3) is 0.385. The molecular formula is C13H15NO4. The highest BCUT2D eigenvalue weighted by atomic mass is 16.5. The Hall–Kier alpha value is -2.04. The Morgan fingerprint density at radius 3 is 2.06 bits per heavy atom. The van der Waals surface area contributed by atoms with E-state index in [0.717, 1.165) is 10.5 Å². The molecule has 0 aliphatic carbocycles. The van der Waals surface area contributed by atoms with Gasteiger partial charge in [-0.25, -0.2) is 0 Å². The molecule has 1 atom stereocenters. The number of methoxy groups -OCH3 is 2. The molecule has 1 aromatic carbocycles. The van der Waals surface area contributed by atoms with Gasteiger partial charge in [0.1, 0.15) is 11.5 Å². The molecule has 0 N–H and O–H groups in total. The van der Waals surface area contributed by atoms with Gasteiger partial charge in [-0.15, -0.1) is 0 Å². The van der Waals surface area contributed by atoms with Crippen LogP contribution in [-0.2, 0) is 9.59 Å². The van der Waals surface area contributed by atoms with Crippen LogP contribution in [0.4, 0.5) is 0 Å². The summed E-state index contributed by atoms with van der Waals surface area (Å²) in [7, 11) is 4.60. The van der Waals surface area contributed by atoms with Crippen LogP contribution in [0.3, 0.4) is 0 Å². The zero-order valence-electron chi connectivity index (χ0n) is 10.6. The molecule has 2 amide bonds. The SMILES string of the molecule is COc1cc(OC)cc(C2CC(=O)N(C)C2=O)c1. The van der Waals surface area contributed by atoms with Gasteiger partial charge in [0.2, 0.25) is 11.8 Å². The topological polar surface area (TPSA) is 55.8 Å². The van der Waals surface area contributed by atoms with Gasteiger partial charge in [0.05, 0.1) is 20.1 Å². The molecule has 1 fully saturated rings. The Balaban J connectivity index is 2.39. The van der Waals surface area contributed by atoms with Crippen LogP contribution < -0.4 is 9.47 Å². The third-order valence-corrected chi connectivity index (χ3v) is 3.16. The lowest BCUT2D eigenvalue weighted by atomic mass is 9.97. The number of nitrogens with zero attached hydrogens (tertiary/aromatic N) is 1. The first-order chi connectivity index (χ1) is 8.56. The van der Waals surface area contributed by atoms with Crippen molar-refractivity contribution >= 4 is 11.8 Å². The highest BCUT2D eigenvalue weighted by Crippen LogP contribution is 2.33. The third kappa shape index (κ3) is 2.03. The molecule has 1 aliphatic heterocycles. The lowest BCUT2D eigenvalue weighted by molar-refractivity contribution is -0.137. The standard InChI is InChI=1S/C13H15NO4/c1-14-12(15)7-11(13(14)16)8-4-9(17-2)6-10(5-8)18-3/h4-6,11H,7H2,1-3H3. The van der Waals surface area contributed by atoms with Crippen molar-refractivity contribution in [2.45, 2.75) is 12.3 Å². The molecule has 96 valence electrons. The van der Waals surface area contributed by atoms with Gasteiger partial charge >= 0.3 is 0 Å². The van der Waals surface area contributed by atoms with Gasteiger partial charge in [0.15, 0.2) is 0 Å². The summed E-state index contributed by atoms with van der Waals surface area (Å²) in [5, 5.41) is 0. The Labute approximate surface area is 105 Å². The van der Waals surface area contributed by atoms with E-state index in [4.69, 9.17) is 9.47 Å². The minimum atomic E-state index is -0.438. The van der Waals surface area contributed by atoms with E-state index in [1.807, 2.05) is 0 Å². The van der Waals surface area contributed by atoms with Gasteiger partial charge in [-0.05, 0) is 17.7 Å². The van der Waals surface area contributed by atoms with Gasteiger partial charge in [-0.1, -0.05) is 0 Å². The third-order valence-electron chi connectivity index (χ3n) is 3.16. The molecule has 1 unspecified atom stereocenters. The summed E-state index contributed by atoms with van der Waals surface area (Å²) >= 11 is 0. The van der Waals surface area contributed by atoms with Crippen LogP contribution in [0.1, 0.15) is 17.9 Å². The highest BCUT2D eigenvalue weighted by Gasteiger charge is 2.37. The van der Waals surface area contributed by atoms with Gasteiger partial charge < -0.3 is 9.47 Å². The number of benzene rings is 1. The summed E-state index contributed by atoms with van der Waals surface area (Å²) in [5.41, 5.74) is 0.744. The second-order valence-electron chi connectivity index (χ2n) is 4.19. The van der Waals surface area contributed by atoms with E-state index in [1.54, 1.807) is 32.4 Å². The minimum Gasteiger partial charge on any atom is -0.497 e. The molecule has 1 aliphatic rings. The quantitative estimate of drug-likeness (QED) is 0.755. The van der Waals surface area contributed by atoms with E-state index < -0.39 is 5.92 Å². The van der Waals surface area contributed by atoms with E-state index in [9.17, 15) is 9.59 Å². The van der Waals surface area contributed by atoms with E-state index >= 15 is 0 Å². The van der Waals surface area contributed by atoms with Gasteiger partial charge in [0.25, 0.3) is 0 Å². The molecule has 5 nitrogen and oxygen atoms in total. The molecule has 2 rings (SSSR count). The van der Waals surface area contributed by atoms with Crippen molar-refractivity contribution in [3.63, 3.8) is 0 Å². The van der Waals surface area contributed by atoms with E-state index in [-0.39, 0.29) is 18.2 Å². The molecule has 0 bridgehead atoms. The van der Waals surface area contributed by atoms with Crippen LogP contribution in [0.15, 0.2) is 18.2 Å². The van der Waals surface area contributed by atoms with Crippen molar-refractivity contribution in [1.82, 2.24) is 4.90 Å². The molecule has 0 radical (unpaired) electrons. The maximum absolute atomic E-state index is 11.9. The first-order valence-corrected chi connectivity index (χ1v) is 5.60. The first-order valence-electron chi connectivity index (χ1n) is 5.60. The lowest BCUT2D eigenvalue weighted by Crippen LogP contribution is -2.25. The fourth-order valence-electron chi connectivity index (χ4n) is 2.05. The number of carbonyl (C=O) groups is 2. The Kier molecular flexibility index (Phi) is 3.23. The maximum atomic E-state index is 11.9. The number of carbonyl (C=O) groups excluding carboxylic acids is 2. The summed E-state index contributed by atoms with van der Waals surface area (Å²) in [6.45, 7) is 0. The average molecular weight is 249 g/mol. The van der Waals surface area contributed by atoms with Gasteiger partial charge in [-0.3, -0.25) is 14.5 Å². The van der Waals surface area contributed by atoms with Crippen molar-refractivity contribution in [3.05, 3.63) is 23.8 Å². The van der Waals surface area contributed by atoms with Crippen LogP contribution in [0.5, 0.6) is 11.5 Å². The van der Waals surface area contributed by atoms with Crippen LogP contribution >= 0.6 is 0 Å². The zero-order valence-corrected chi connectivity index (χ0v) is 10.6. The number of hydrogen-bond donors (Lipinski definition) is 0. The summed E-state index contributed by atoms with van der Waals surface area (Å²) < 4.78 is 10.3. The van der Waals surface area contributed by atoms with Crippen LogP contribution in [0.2, 0.25) is 0 Å². The molecule has 1 saturated heterocycles. The fourth-order valence-corrected chi connectivity index (χ4v) is 2.05. The van der Waals surface area contributed by atoms with Crippen LogP contribution in [0, 0.1) is 0 Å². The summed E-state index contributed by atoms with van der Waals surface area (Å²) in [6, 6.07) is 5.25. The van der Waals surface area contributed by atoms with Crippen molar-refractivity contribution in [1.29, 1.82) is 0 Å². The molecule has 0 spiro atoms. The number of amides is 2. The predicted molar refractivity (Wildman–Crippen MR) is 64.7 cm³/mol. The van der Waals surface area contributed by atoms with E-state index in [2.05, 4.69) is 0 Å². The Morgan fingerprint density at radius 2 is 1.67 bits per heavy atom. The van der Waals surface area contributed by atoms with Crippen molar-refractivity contribution < 1.29 is 19.1 Å². The maximum Gasteiger partial charge on any atom is 0.236 e. The van der Waals surface area contributed by atoms with Crippen molar-refractivity contribution in [2.75, 3.05) is 21.3 Å². The normalized spacial score (nSPS) is 19.3. The Morgan fingerprint density at radius 1 is 1.11 bits per heavy atom. The molecule has 1 heterocycles. The zero-order chi connectivity index (χ0) is 13.3. The molecule has 18 heavy (non-hydrogen) atoms. The number of likely N-dealkylation sites (tertiary alicyclic amines) is 1. The average Bonchev–Trinajstić information content (AvgIpc) is 2.65. The second kappa shape index (κ2) is 4.68. The highest BCUT2D eigenvalue weighted by molar-refractivity contribution is 6.05. The smallest absolute Gasteiger partial charge is 0.236 e.